The van der Waals surface area contributed by atoms with E-state index in [1.54, 1.807) is 6.20 Å². The number of amides is 1. The summed E-state index contributed by atoms with van der Waals surface area (Å²) < 4.78 is 0. The van der Waals surface area contributed by atoms with Crippen molar-refractivity contribution < 1.29 is 4.79 Å². The normalized spacial score (nSPS) is 10.9. The van der Waals surface area contributed by atoms with E-state index in [0.717, 1.165) is 10.9 Å². The largest absolute Gasteiger partial charge is 0.346 e. The van der Waals surface area contributed by atoms with Crippen molar-refractivity contribution in [2.75, 3.05) is 5.32 Å². The number of nitrogens with one attached hydrogen (secondary N) is 2. The molecule has 0 saturated heterocycles. The fourth-order valence-corrected chi connectivity index (χ4v) is 1.80. The SMILES string of the molecule is CC.Cc1c[nH]c2nc(NC(=O)C(C)(C)C)nc(Cl)c12. The van der Waals surface area contributed by atoms with Gasteiger partial charge in [0.15, 0.2) is 0 Å². The van der Waals surface area contributed by atoms with Gasteiger partial charge in [0.05, 0.1) is 5.39 Å². The molecule has 0 spiro atoms. The molecule has 0 atom stereocenters. The first kappa shape index (κ1) is 16.4. The third-order valence-electron chi connectivity index (χ3n) is 2.59. The quantitative estimate of drug-likeness (QED) is 0.783. The van der Waals surface area contributed by atoms with Crippen LogP contribution in [0.3, 0.4) is 0 Å². The van der Waals surface area contributed by atoms with E-state index >= 15 is 0 Å². The molecule has 0 fully saturated rings. The van der Waals surface area contributed by atoms with Crippen molar-refractivity contribution in [3.63, 3.8) is 0 Å². The van der Waals surface area contributed by atoms with Gasteiger partial charge in [0, 0.05) is 11.6 Å². The second kappa shape index (κ2) is 6.22. The maximum atomic E-state index is 11.8. The standard InChI is InChI=1S/C12H15ClN4O.C2H6/c1-6-5-14-9-7(6)8(13)15-11(16-9)17-10(18)12(2,3)4;1-2/h5H,1-4H3,(H2,14,15,16,17,18);1-2H3. The van der Waals surface area contributed by atoms with Gasteiger partial charge in [-0.05, 0) is 12.5 Å². The zero-order valence-electron chi connectivity index (χ0n) is 12.8. The number of fused-ring (bicyclic) bond motifs is 1. The van der Waals surface area contributed by atoms with Crippen LogP contribution >= 0.6 is 11.6 Å². The molecule has 20 heavy (non-hydrogen) atoms. The van der Waals surface area contributed by atoms with Crippen molar-refractivity contribution in [3.05, 3.63) is 16.9 Å². The van der Waals surface area contributed by atoms with E-state index in [1.807, 2.05) is 41.5 Å². The molecule has 1 amide bonds. The van der Waals surface area contributed by atoms with Gasteiger partial charge in [-0.2, -0.15) is 9.97 Å². The Kier molecular flexibility index (Phi) is 5.11. The predicted molar refractivity (Wildman–Crippen MR) is 83.1 cm³/mol. The molecule has 2 aromatic heterocycles. The van der Waals surface area contributed by atoms with Crippen LogP contribution in [0.5, 0.6) is 0 Å². The first-order valence-corrected chi connectivity index (χ1v) is 6.99. The van der Waals surface area contributed by atoms with E-state index in [9.17, 15) is 4.79 Å². The van der Waals surface area contributed by atoms with E-state index in [4.69, 9.17) is 11.6 Å². The summed E-state index contributed by atoms with van der Waals surface area (Å²) in [5.41, 5.74) is 1.09. The van der Waals surface area contributed by atoms with Gasteiger partial charge in [0.2, 0.25) is 11.9 Å². The fraction of sp³-hybridized carbons (Fsp3) is 0.500. The van der Waals surface area contributed by atoms with Crippen LogP contribution in [0, 0.1) is 12.3 Å². The lowest BCUT2D eigenvalue weighted by molar-refractivity contribution is -0.123. The summed E-state index contributed by atoms with van der Waals surface area (Å²) >= 11 is 6.08. The molecule has 2 aromatic rings. The fourth-order valence-electron chi connectivity index (χ4n) is 1.48. The van der Waals surface area contributed by atoms with E-state index in [1.165, 1.54) is 0 Å². The topological polar surface area (TPSA) is 70.7 Å². The van der Waals surface area contributed by atoms with Crippen LogP contribution in [-0.4, -0.2) is 20.9 Å². The summed E-state index contributed by atoms with van der Waals surface area (Å²) in [7, 11) is 0. The first-order valence-electron chi connectivity index (χ1n) is 6.61. The summed E-state index contributed by atoms with van der Waals surface area (Å²) in [4.78, 5) is 23.2. The number of H-pyrrole nitrogens is 1. The minimum Gasteiger partial charge on any atom is -0.346 e. The molecular weight excluding hydrogens is 276 g/mol. The van der Waals surface area contributed by atoms with Gasteiger partial charge in [-0.25, -0.2) is 0 Å². The summed E-state index contributed by atoms with van der Waals surface area (Å²) in [6.07, 6.45) is 1.81. The Labute approximate surface area is 124 Å². The number of hydrogen-bond acceptors (Lipinski definition) is 3. The van der Waals surface area contributed by atoms with Gasteiger partial charge in [0.25, 0.3) is 0 Å². The van der Waals surface area contributed by atoms with E-state index < -0.39 is 5.41 Å². The molecule has 0 aliphatic rings. The third kappa shape index (κ3) is 3.48. The smallest absolute Gasteiger partial charge is 0.232 e. The summed E-state index contributed by atoms with van der Waals surface area (Å²) in [6, 6.07) is 0. The van der Waals surface area contributed by atoms with Gasteiger partial charge in [-0.1, -0.05) is 46.2 Å². The first-order chi connectivity index (χ1) is 9.29. The lowest BCUT2D eigenvalue weighted by Gasteiger charge is -2.16. The Morgan fingerprint density at radius 2 is 1.90 bits per heavy atom. The molecule has 0 aromatic carbocycles. The number of carbonyl (C=O) groups is 1. The van der Waals surface area contributed by atoms with Crippen LogP contribution in [0.15, 0.2) is 6.20 Å². The molecule has 0 aliphatic heterocycles. The maximum absolute atomic E-state index is 11.8. The highest BCUT2D eigenvalue weighted by Crippen LogP contribution is 2.25. The molecule has 2 N–H and O–H groups in total. The molecule has 0 aliphatic carbocycles. The Morgan fingerprint density at radius 3 is 2.45 bits per heavy atom. The minimum absolute atomic E-state index is 0.152. The molecule has 110 valence electrons. The van der Waals surface area contributed by atoms with Gasteiger partial charge >= 0.3 is 0 Å². The zero-order valence-corrected chi connectivity index (χ0v) is 13.5. The highest BCUT2D eigenvalue weighted by atomic mass is 35.5. The average Bonchev–Trinajstić information content (AvgIpc) is 2.72. The number of aromatic nitrogens is 3. The van der Waals surface area contributed by atoms with E-state index in [2.05, 4.69) is 20.3 Å². The number of hydrogen-bond donors (Lipinski definition) is 2. The Morgan fingerprint density at radius 1 is 1.30 bits per heavy atom. The molecule has 2 rings (SSSR count). The van der Waals surface area contributed by atoms with E-state index in [-0.39, 0.29) is 11.9 Å². The monoisotopic (exact) mass is 296 g/mol. The second-order valence-corrected chi connectivity index (χ2v) is 5.60. The van der Waals surface area contributed by atoms with Crippen molar-refractivity contribution >= 4 is 34.5 Å². The van der Waals surface area contributed by atoms with Crippen molar-refractivity contribution in [1.82, 2.24) is 15.0 Å². The summed E-state index contributed by atoms with van der Waals surface area (Å²) in [5, 5.41) is 3.78. The molecule has 6 heteroatoms. The molecular formula is C14H21ClN4O. The van der Waals surface area contributed by atoms with Crippen LogP contribution in [0.1, 0.15) is 40.2 Å². The number of aromatic amines is 1. The maximum Gasteiger partial charge on any atom is 0.232 e. The Balaban J connectivity index is 0.000000956. The predicted octanol–water partition coefficient (Wildman–Crippen LogP) is 3.93. The molecule has 0 saturated carbocycles. The van der Waals surface area contributed by atoms with Gasteiger partial charge in [-0.3, -0.25) is 10.1 Å². The Bertz CT molecular complexity index is 613. The van der Waals surface area contributed by atoms with Gasteiger partial charge in [-0.15, -0.1) is 0 Å². The van der Waals surface area contributed by atoms with Crippen LogP contribution in [0.2, 0.25) is 5.15 Å². The summed E-state index contributed by atoms with van der Waals surface area (Å²) in [5.74, 6) is 0.0652. The molecule has 2 heterocycles. The zero-order chi connectivity index (χ0) is 15.5. The number of nitrogens with zero attached hydrogens (tertiary/aromatic N) is 2. The molecule has 5 nitrogen and oxygen atoms in total. The number of anilines is 1. The number of halogens is 1. The van der Waals surface area contributed by atoms with Crippen molar-refractivity contribution in [2.45, 2.75) is 41.5 Å². The lowest BCUT2D eigenvalue weighted by atomic mass is 9.96. The highest BCUT2D eigenvalue weighted by Gasteiger charge is 2.22. The van der Waals surface area contributed by atoms with Crippen LogP contribution in [0.4, 0.5) is 5.95 Å². The average molecular weight is 297 g/mol. The summed E-state index contributed by atoms with van der Waals surface area (Å²) in [6.45, 7) is 11.4. The lowest BCUT2D eigenvalue weighted by Crippen LogP contribution is -2.28. The van der Waals surface area contributed by atoms with Crippen LogP contribution in [-0.2, 0) is 4.79 Å². The van der Waals surface area contributed by atoms with Crippen LogP contribution < -0.4 is 5.32 Å². The van der Waals surface area contributed by atoms with Crippen molar-refractivity contribution in [3.8, 4) is 0 Å². The van der Waals surface area contributed by atoms with Gasteiger partial charge < -0.3 is 4.98 Å². The molecule has 0 bridgehead atoms. The van der Waals surface area contributed by atoms with Crippen LogP contribution in [0.25, 0.3) is 11.0 Å². The minimum atomic E-state index is -0.504. The second-order valence-electron chi connectivity index (χ2n) is 5.24. The Hall–Kier alpha value is -1.62. The highest BCUT2D eigenvalue weighted by molar-refractivity contribution is 6.34. The third-order valence-corrected chi connectivity index (χ3v) is 2.86. The number of rotatable bonds is 1. The molecule has 0 unspecified atom stereocenters. The number of aryl methyl sites for hydroxylation is 1. The number of carbonyl (C=O) groups excluding carboxylic acids is 1. The van der Waals surface area contributed by atoms with Gasteiger partial charge in [0.1, 0.15) is 10.8 Å². The van der Waals surface area contributed by atoms with E-state index in [0.29, 0.717) is 10.8 Å². The van der Waals surface area contributed by atoms with Crippen molar-refractivity contribution in [2.24, 2.45) is 5.41 Å². The van der Waals surface area contributed by atoms with Crippen molar-refractivity contribution in [1.29, 1.82) is 0 Å². The molecule has 0 radical (unpaired) electrons.